The number of allylic oxidation sites excluding steroid dienone is 5. The van der Waals surface area contributed by atoms with E-state index in [-0.39, 0.29) is 6.08 Å². The highest BCUT2D eigenvalue weighted by Crippen LogP contribution is 2.15. The first-order valence-electron chi connectivity index (χ1n) is 2.60. The molecule has 0 aliphatic rings. The summed E-state index contributed by atoms with van der Waals surface area (Å²) in [6.45, 7) is 3.29. The highest BCUT2D eigenvalue weighted by atomic mass is 19.4. The molecule has 0 saturated carbocycles. The molecular formula is C7H7F3. The zero-order chi connectivity index (χ0) is 8.04. The first kappa shape index (κ1) is 9.01. The molecule has 0 aromatic rings. The van der Waals surface area contributed by atoms with Gasteiger partial charge in [0.25, 0.3) is 0 Å². The van der Waals surface area contributed by atoms with Crippen molar-refractivity contribution in [2.45, 2.75) is 6.18 Å². The molecule has 0 aromatic carbocycles. The number of alkyl halides is 3. The third kappa shape index (κ3) is 7.01. The normalized spacial score (nSPS) is 13.1. The smallest absolute Gasteiger partial charge is 0.167 e. The molecular weight excluding hydrogens is 141 g/mol. The molecule has 0 aliphatic carbocycles. The van der Waals surface area contributed by atoms with Crippen LogP contribution in [0.25, 0.3) is 0 Å². The Balaban J connectivity index is 3.77. The van der Waals surface area contributed by atoms with Crippen molar-refractivity contribution in [3.05, 3.63) is 37.0 Å². The molecule has 0 aromatic heterocycles. The highest BCUT2D eigenvalue weighted by Gasteiger charge is 2.20. The Morgan fingerprint density at radius 2 is 1.60 bits per heavy atom. The maximum absolute atomic E-state index is 11.3. The van der Waals surface area contributed by atoms with Crippen LogP contribution in [0.2, 0.25) is 0 Å². The lowest BCUT2D eigenvalue weighted by Crippen LogP contribution is -1.99. The summed E-state index contributed by atoms with van der Waals surface area (Å²) in [5.41, 5.74) is 0. The topological polar surface area (TPSA) is 0 Å². The average Bonchev–Trinajstić information content (AvgIpc) is 1.78. The minimum absolute atomic E-state index is 0.160. The number of rotatable bonds is 2. The summed E-state index contributed by atoms with van der Waals surface area (Å²) in [5.74, 6) is 0. The average molecular weight is 148 g/mol. The van der Waals surface area contributed by atoms with Crippen molar-refractivity contribution in [2.24, 2.45) is 0 Å². The maximum Gasteiger partial charge on any atom is 0.409 e. The maximum atomic E-state index is 11.3. The fourth-order valence-electron chi connectivity index (χ4n) is 0.307. The summed E-state index contributed by atoms with van der Waals surface area (Å²) in [5, 5.41) is 0. The Bertz CT molecular complexity index is 151. The molecule has 0 saturated heterocycles. The van der Waals surface area contributed by atoms with E-state index < -0.39 is 6.18 Å². The van der Waals surface area contributed by atoms with Crippen LogP contribution in [0.3, 0.4) is 0 Å². The van der Waals surface area contributed by atoms with Gasteiger partial charge in [-0.25, -0.2) is 0 Å². The molecule has 0 unspecified atom stereocenters. The molecule has 0 rings (SSSR count). The molecule has 0 bridgehead atoms. The van der Waals surface area contributed by atoms with Crippen LogP contribution in [0, 0.1) is 0 Å². The van der Waals surface area contributed by atoms with Gasteiger partial charge in [0.2, 0.25) is 0 Å². The lowest BCUT2D eigenvalue weighted by Gasteiger charge is -1.93. The molecule has 56 valence electrons. The van der Waals surface area contributed by atoms with Gasteiger partial charge >= 0.3 is 6.18 Å². The second-order valence-corrected chi connectivity index (χ2v) is 1.52. The molecule has 0 aliphatic heterocycles. The lowest BCUT2D eigenvalue weighted by atomic mass is 10.4. The van der Waals surface area contributed by atoms with Gasteiger partial charge in [-0.15, -0.1) is 0 Å². The summed E-state index contributed by atoms with van der Waals surface area (Å²) in [6.07, 6.45) is 0.948. The third-order valence-electron chi connectivity index (χ3n) is 0.644. The second kappa shape index (κ2) is 3.93. The van der Waals surface area contributed by atoms with E-state index >= 15 is 0 Å². The second-order valence-electron chi connectivity index (χ2n) is 1.52. The van der Waals surface area contributed by atoms with Crippen LogP contribution in [0.5, 0.6) is 0 Å². The zero-order valence-corrected chi connectivity index (χ0v) is 5.23. The van der Waals surface area contributed by atoms with Crippen LogP contribution in [0.4, 0.5) is 13.2 Å². The SMILES string of the molecule is C=C/C=C\C=C\C(F)(F)F. The summed E-state index contributed by atoms with van der Waals surface area (Å²) in [7, 11) is 0. The Morgan fingerprint density at radius 1 is 1.00 bits per heavy atom. The van der Waals surface area contributed by atoms with Crippen LogP contribution in [0.15, 0.2) is 37.0 Å². The Morgan fingerprint density at radius 3 is 2.00 bits per heavy atom. The number of halogens is 3. The van der Waals surface area contributed by atoms with E-state index in [1.54, 1.807) is 0 Å². The van der Waals surface area contributed by atoms with Crippen LogP contribution < -0.4 is 0 Å². The van der Waals surface area contributed by atoms with E-state index in [9.17, 15) is 13.2 Å². The van der Waals surface area contributed by atoms with E-state index in [0.29, 0.717) is 0 Å². The van der Waals surface area contributed by atoms with Crippen molar-refractivity contribution in [1.29, 1.82) is 0 Å². The van der Waals surface area contributed by atoms with Gasteiger partial charge in [-0.05, 0) is 0 Å². The monoisotopic (exact) mass is 148 g/mol. The minimum atomic E-state index is -4.22. The third-order valence-corrected chi connectivity index (χ3v) is 0.644. The van der Waals surface area contributed by atoms with Gasteiger partial charge < -0.3 is 0 Å². The summed E-state index contributed by atoms with van der Waals surface area (Å²) >= 11 is 0. The minimum Gasteiger partial charge on any atom is -0.167 e. The van der Waals surface area contributed by atoms with Gasteiger partial charge in [0, 0.05) is 6.08 Å². The lowest BCUT2D eigenvalue weighted by molar-refractivity contribution is -0.0798. The molecule has 0 fully saturated rings. The van der Waals surface area contributed by atoms with Gasteiger partial charge in [0.15, 0.2) is 0 Å². The quantitative estimate of drug-likeness (QED) is 0.528. The summed E-state index contributed by atoms with van der Waals surface area (Å²) < 4.78 is 34.0. The molecule has 10 heavy (non-hydrogen) atoms. The van der Waals surface area contributed by atoms with Crippen molar-refractivity contribution in [1.82, 2.24) is 0 Å². The van der Waals surface area contributed by atoms with E-state index in [4.69, 9.17) is 0 Å². The number of hydrogen-bond donors (Lipinski definition) is 0. The largest absolute Gasteiger partial charge is 0.409 e. The Labute approximate surface area is 57.4 Å². The molecule has 3 heteroatoms. The van der Waals surface area contributed by atoms with Gasteiger partial charge in [-0.1, -0.05) is 30.9 Å². The highest BCUT2D eigenvalue weighted by molar-refractivity contribution is 5.10. The van der Waals surface area contributed by atoms with Crippen molar-refractivity contribution in [3.63, 3.8) is 0 Å². The van der Waals surface area contributed by atoms with Gasteiger partial charge in [-0.2, -0.15) is 13.2 Å². The van der Waals surface area contributed by atoms with Crippen molar-refractivity contribution < 1.29 is 13.2 Å². The fourth-order valence-corrected chi connectivity index (χ4v) is 0.307. The van der Waals surface area contributed by atoms with Crippen LogP contribution >= 0.6 is 0 Å². The van der Waals surface area contributed by atoms with E-state index in [0.717, 1.165) is 6.08 Å². The van der Waals surface area contributed by atoms with Gasteiger partial charge in [0.1, 0.15) is 0 Å². The van der Waals surface area contributed by atoms with Gasteiger partial charge in [0.05, 0.1) is 0 Å². The first-order valence-corrected chi connectivity index (χ1v) is 2.60. The molecule has 0 atom stereocenters. The first-order chi connectivity index (χ1) is 4.56. The van der Waals surface area contributed by atoms with Crippen LogP contribution in [-0.4, -0.2) is 6.18 Å². The van der Waals surface area contributed by atoms with Crippen LogP contribution in [-0.2, 0) is 0 Å². The fraction of sp³-hybridized carbons (Fsp3) is 0.143. The number of hydrogen-bond acceptors (Lipinski definition) is 0. The summed E-state index contributed by atoms with van der Waals surface area (Å²) in [4.78, 5) is 0. The molecule has 0 amide bonds. The van der Waals surface area contributed by atoms with Crippen molar-refractivity contribution >= 4 is 0 Å². The molecule has 0 spiro atoms. The van der Waals surface area contributed by atoms with E-state index in [2.05, 4.69) is 6.58 Å². The molecule has 0 nitrogen and oxygen atoms in total. The van der Waals surface area contributed by atoms with E-state index in [1.165, 1.54) is 18.2 Å². The van der Waals surface area contributed by atoms with E-state index in [1.807, 2.05) is 0 Å². The van der Waals surface area contributed by atoms with Gasteiger partial charge in [-0.3, -0.25) is 0 Å². The van der Waals surface area contributed by atoms with Crippen molar-refractivity contribution in [3.8, 4) is 0 Å². The summed E-state index contributed by atoms with van der Waals surface area (Å²) in [6, 6.07) is 0. The molecule has 0 N–H and O–H groups in total. The van der Waals surface area contributed by atoms with Crippen molar-refractivity contribution in [2.75, 3.05) is 0 Å². The Hall–Kier alpha value is -0.990. The molecule has 0 radical (unpaired) electrons. The predicted octanol–water partition coefficient (Wildman–Crippen LogP) is 2.85. The Kier molecular flexibility index (Phi) is 3.54. The zero-order valence-electron chi connectivity index (χ0n) is 5.23. The predicted molar refractivity (Wildman–Crippen MR) is 34.5 cm³/mol. The molecule has 0 heterocycles. The van der Waals surface area contributed by atoms with Crippen LogP contribution in [0.1, 0.15) is 0 Å². The standard InChI is InChI=1S/C7H7F3/c1-2-3-4-5-6-7(8,9)10/h2-6H,1H2/b4-3-,6-5+.